The molecule has 0 aliphatic heterocycles. The molecule has 1 fully saturated rings. The van der Waals surface area contributed by atoms with Gasteiger partial charge < -0.3 is 5.11 Å². The lowest BCUT2D eigenvalue weighted by Crippen LogP contribution is -2.52. The lowest BCUT2D eigenvalue weighted by Gasteiger charge is -2.58. The summed E-state index contributed by atoms with van der Waals surface area (Å²) >= 11 is 0. The summed E-state index contributed by atoms with van der Waals surface area (Å²) in [6.45, 7) is 6.00. The van der Waals surface area contributed by atoms with Gasteiger partial charge in [-0.15, -0.1) is 0 Å². The second kappa shape index (κ2) is 4.71. The van der Waals surface area contributed by atoms with Crippen molar-refractivity contribution in [2.45, 2.75) is 52.9 Å². The smallest absolute Gasteiger partial charge is 0.155 e. The maximum absolute atomic E-state index is 12.1. The molecule has 120 valence electrons. The monoisotopic (exact) mass is 310 g/mol. The number of aliphatic hydroxyl groups is 1. The Bertz CT molecular complexity index is 731. The zero-order valence-electron chi connectivity index (χ0n) is 13.9. The number of nitrogens with zero attached hydrogens (tertiary/aromatic N) is 2. The Morgan fingerprint density at radius 1 is 1.26 bits per heavy atom. The third-order valence-electron chi connectivity index (χ3n) is 6.52. The summed E-state index contributed by atoms with van der Waals surface area (Å²) in [6, 6.07) is 4.63. The first-order valence-electron chi connectivity index (χ1n) is 8.21. The van der Waals surface area contributed by atoms with Crippen molar-refractivity contribution in [3.05, 3.63) is 23.0 Å². The van der Waals surface area contributed by atoms with Crippen molar-refractivity contribution in [3.8, 4) is 12.1 Å². The van der Waals surface area contributed by atoms with Crippen LogP contribution in [0, 0.1) is 44.8 Å². The first-order chi connectivity index (χ1) is 10.7. The van der Waals surface area contributed by atoms with Crippen LogP contribution in [0.3, 0.4) is 0 Å². The molecule has 0 radical (unpaired) electrons. The van der Waals surface area contributed by atoms with Gasteiger partial charge in [0.1, 0.15) is 5.76 Å². The van der Waals surface area contributed by atoms with Crippen LogP contribution in [0.2, 0.25) is 0 Å². The molecule has 1 saturated carbocycles. The lowest BCUT2D eigenvalue weighted by atomic mass is 9.44. The van der Waals surface area contributed by atoms with Gasteiger partial charge in [0.05, 0.1) is 23.1 Å². The molecule has 3 aliphatic carbocycles. The van der Waals surface area contributed by atoms with Gasteiger partial charge in [0.25, 0.3) is 0 Å². The minimum Gasteiger partial charge on any atom is -0.511 e. The summed E-state index contributed by atoms with van der Waals surface area (Å²) in [5, 5.41) is 29.8. The number of aliphatic hydroxyl groups excluding tert-OH is 1. The highest BCUT2D eigenvalue weighted by Crippen LogP contribution is 2.66. The Kier molecular flexibility index (Phi) is 3.24. The molecule has 0 aromatic heterocycles. The first kappa shape index (κ1) is 15.8. The summed E-state index contributed by atoms with van der Waals surface area (Å²) in [6.07, 6.45) is 4.63. The highest BCUT2D eigenvalue weighted by Gasteiger charge is 2.60. The maximum atomic E-state index is 12.1. The number of fused-ring (bicyclic) bond motifs is 3. The second-order valence-corrected chi connectivity index (χ2v) is 8.06. The molecule has 1 N–H and O–H groups in total. The molecule has 0 amide bonds. The summed E-state index contributed by atoms with van der Waals surface area (Å²) in [5.74, 6) is 0.364. The molecule has 3 atom stereocenters. The average Bonchev–Trinajstić information content (AvgIpc) is 2.52. The molecule has 0 heterocycles. The fourth-order valence-corrected chi connectivity index (χ4v) is 5.36. The van der Waals surface area contributed by atoms with Crippen LogP contribution in [0.25, 0.3) is 0 Å². The fourth-order valence-electron chi connectivity index (χ4n) is 5.36. The molecule has 0 bridgehead atoms. The number of ketones is 1. The first-order valence-corrected chi connectivity index (χ1v) is 8.21. The fraction of sp³-hybridized carbons (Fsp3) is 0.632. The van der Waals surface area contributed by atoms with E-state index in [-0.39, 0.29) is 17.5 Å². The average molecular weight is 310 g/mol. The van der Waals surface area contributed by atoms with E-state index in [0.717, 1.165) is 18.4 Å². The van der Waals surface area contributed by atoms with E-state index in [0.29, 0.717) is 24.8 Å². The van der Waals surface area contributed by atoms with E-state index in [1.165, 1.54) is 0 Å². The van der Waals surface area contributed by atoms with Crippen LogP contribution in [-0.4, -0.2) is 10.9 Å². The van der Waals surface area contributed by atoms with Crippen LogP contribution < -0.4 is 0 Å². The van der Waals surface area contributed by atoms with Crippen LogP contribution in [-0.2, 0) is 4.79 Å². The number of rotatable bonds is 0. The zero-order valence-corrected chi connectivity index (χ0v) is 13.9. The molecule has 23 heavy (non-hydrogen) atoms. The van der Waals surface area contributed by atoms with E-state index in [1.807, 2.05) is 13.8 Å². The number of allylic oxidation sites excluding steroid dienone is 4. The Balaban J connectivity index is 2.23. The third kappa shape index (κ3) is 1.91. The van der Waals surface area contributed by atoms with Crippen LogP contribution in [0.5, 0.6) is 0 Å². The van der Waals surface area contributed by atoms with Crippen molar-refractivity contribution >= 4 is 5.78 Å². The SMILES string of the molecule is CC1(C)C(O)=C(C#N)C[C@]2(C)C3=CC(=O)CC[C@]3(C#N)CC[C@@H]12. The van der Waals surface area contributed by atoms with Crippen LogP contribution in [0.1, 0.15) is 52.9 Å². The van der Waals surface area contributed by atoms with Crippen molar-refractivity contribution in [2.75, 3.05) is 0 Å². The summed E-state index contributed by atoms with van der Waals surface area (Å²) in [4.78, 5) is 12.1. The molecule has 0 aromatic rings. The van der Waals surface area contributed by atoms with Gasteiger partial charge in [-0.1, -0.05) is 20.8 Å². The van der Waals surface area contributed by atoms with Crippen molar-refractivity contribution in [1.82, 2.24) is 0 Å². The van der Waals surface area contributed by atoms with Gasteiger partial charge in [0.2, 0.25) is 0 Å². The minimum atomic E-state index is -0.581. The summed E-state index contributed by atoms with van der Waals surface area (Å²) in [7, 11) is 0. The molecule has 0 spiro atoms. The Morgan fingerprint density at radius 3 is 2.57 bits per heavy atom. The van der Waals surface area contributed by atoms with Gasteiger partial charge >= 0.3 is 0 Å². The maximum Gasteiger partial charge on any atom is 0.155 e. The highest BCUT2D eigenvalue weighted by molar-refractivity contribution is 5.92. The molecular weight excluding hydrogens is 288 g/mol. The molecular formula is C19H22N2O2. The normalized spacial score (nSPS) is 38.7. The van der Waals surface area contributed by atoms with Gasteiger partial charge in [0, 0.05) is 11.8 Å². The number of hydrogen-bond donors (Lipinski definition) is 1. The van der Waals surface area contributed by atoms with Crippen molar-refractivity contribution < 1.29 is 9.90 Å². The molecule has 0 saturated heterocycles. The van der Waals surface area contributed by atoms with Gasteiger partial charge in [-0.25, -0.2) is 0 Å². The van der Waals surface area contributed by atoms with E-state index in [1.54, 1.807) is 6.08 Å². The molecule has 4 heteroatoms. The molecule has 4 nitrogen and oxygen atoms in total. The molecule has 3 rings (SSSR count). The van der Waals surface area contributed by atoms with E-state index >= 15 is 0 Å². The van der Waals surface area contributed by atoms with Crippen LogP contribution in [0.15, 0.2) is 23.0 Å². The number of nitriles is 2. The Labute approximate surface area is 137 Å². The lowest BCUT2D eigenvalue weighted by molar-refractivity contribution is -0.116. The predicted molar refractivity (Wildman–Crippen MR) is 84.9 cm³/mol. The third-order valence-corrected chi connectivity index (χ3v) is 6.52. The number of carbonyl (C=O) groups excluding carboxylic acids is 1. The van der Waals surface area contributed by atoms with Crippen molar-refractivity contribution in [3.63, 3.8) is 0 Å². The minimum absolute atomic E-state index is 0.0721. The van der Waals surface area contributed by atoms with Gasteiger partial charge in [-0.2, -0.15) is 10.5 Å². The summed E-state index contributed by atoms with van der Waals surface area (Å²) in [5.41, 5.74) is -0.246. The number of hydrogen-bond acceptors (Lipinski definition) is 4. The topological polar surface area (TPSA) is 84.9 Å². The van der Waals surface area contributed by atoms with E-state index in [4.69, 9.17) is 0 Å². The van der Waals surface area contributed by atoms with Crippen molar-refractivity contribution in [2.24, 2.45) is 22.2 Å². The molecule has 0 unspecified atom stereocenters. The van der Waals surface area contributed by atoms with Crippen LogP contribution in [0.4, 0.5) is 0 Å². The largest absolute Gasteiger partial charge is 0.511 e. The summed E-state index contributed by atoms with van der Waals surface area (Å²) < 4.78 is 0. The highest BCUT2D eigenvalue weighted by atomic mass is 16.3. The van der Waals surface area contributed by atoms with Gasteiger partial charge in [-0.3, -0.25) is 4.79 Å². The van der Waals surface area contributed by atoms with Crippen LogP contribution >= 0.6 is 0 Å². The van der Waals surface area contributed by atoms with E-state index in [2.05, 4.69) is 19.1 Å². The number of carbonyl (C=O) groups is 1. The Morgan fingerprint density at radius 2 is 1.96 bits per heavy atom. The predicted octanol–water partition coefficient (Wildman–Crippen LogP) is 3.97. The standard InChI is InChI=1S/C19H22N2O2/c1-17(2)14-5-7-19(11-21)6-4-13(22)8-15(19)18(14,3)9-12(10-20)16(17)23/h8,14,23H,4-7,9H2,1-3H3/t14-,18-,19+/m0/s1. The van der Waals surface area contributed by atoms with Crippen molar-refractivity contribution in [1.29, 1.82) is 10.5 Å². The van der Waals surface area contributed by atoms with E-state index < -0.39 is 16.2 Å². The Hall–Kier alpha value is -2.07. The quantitative estimate of drug-likeness (QED) is 0.733. The van der Waals surface area contributed by atoms with E-state index in [9.17, 15) is 20.4 Å². The molecule has 3 aliphatic rings. The molecule has 0 aromatic carbocycles. The second-order valence-electron chi connectivity index (χ2n) is 8.06. The van der Waals surface area contributed by atoms with Gasteiger partial charge in [0.15, 0.2) is 5.78 Å². The van der Waals surface area contributed by atoms with Gasteiger partial charge in [-0.05, 0) is 48.7 Å². The zero-order chi connectivity index (χ0) is 17.0.